The minimum absolute atomic E-state index is 0.00826. The van der Waals surface area contributed by atoms with E-state index < -0.39 is 53.5 Å². The first-order chi connectivity index (χ1) is 20.0. The van der Waals surface area contributed by atoms with Crippen LogP contribution in [0.5, 0.6) is 0 Å². The van der Waals surface area contributed by atoms with Gasteiger partial charge in [0.25, 0.3) is 11.8 Å². The van der Waals surface area contributed by atoms with Crippen molar-refractivity contribution in [3.63, 3.8) is 0 Å². The zero-order chi connectivity index (χ0) is 30.4. The SMILES string of the molecule is Cc1cc(C(=O)N[C@H](C(=O)N2CCC[C@H]2C(=O)N[C@@H](C[C@@H]2CCNC2=O)C(=O)C(=O)NC(C)C)c2ccccc2)no1. The van der Waals surface area contributed by atoms with Gasteiger partial charge in [-0.3, -0.25) is 28.8 Å². The third-order valence-electron chi connectivity index (χ3n) is 7.31. The Kier molecular flexibility index (Phi) is 9.71. The molecule has 5 amide bonds. The van der Waals surface area contributed by atoms with Crippen LogP contribution in [0.2, 0.25) is 0 Å². The summed E-state index contributed by atoms with van der Waals surface area (Å²) in [5, 5.41) is 14.3. The second-order valence-electron chi connectivity index (χ2n) is 10.9. The lowest BCUT2D eigenvalue weighted by Crippen LogP contribution is -2.55. The maximum absolute atomic E-state index is 13.9. The number of likely N-dealkylation sites (tertiary alicyclic amines) is 1. The quantitative estimate of drug-likeness (QED) is 0.278. The molecule has 2 saturated heterocycles. The van der Waals surface area contributed by atoms with Crippen molar-refractivity contribution in [2.75, 3.05) is 13.1 Å². The molecule has 1 aromatic carbocycles. The minimum atomic E-state index is -1.25. The molecule has 0 unspecified atom stereocenters. The number of benzene rings is 1. The monoisotopic (exact) mass is 580 g/mol. The molecule has 0 aliphatic carbocycles. The van der Waals surface area contributed by atoms with Crippen LogP contribution in [-0.4, -0.2) is 76.6 Å². The molecule has 0 saturated carbocycles. The number of aryl methyl sites for hydroxylation is 1. The Bertz CT molecular complexity index is 1340. The van der Waals surface area contributed by atoms with Crippen molar-refractivity contribution in [3.05, 3.63) is 53.4 Å². The fraction of sp³-hybridized carbons (Fsp3) is 0.483. The molecule has 0 bridgehead atoms. The van der Waals surface area contributed by atoms with E-state index in [1.165, 1.54) is 11.0 Å². The lowest BCUT2D eigenvalue weighted by atomic mass is 9.95. The van der Waals surface area contributed by atoms with E-state index in [1.54, 1.807) is 51.1 Å². The first kappa shape index (κ1) is 30.4. The molecule has 224 valence electrons. The van der Waals surface area contributed by atoms with Crippen molar-refractivity contribution < 1.29 is 33.3 Å². The highest BCUT2D eigenvalue weighted by molar-refractivity contribution is 6.38. The van der Waals surface area contributed by atoms with Crippen LogP contribution in [0.3, 0.4) is 0 Å². The van der Waals surface area contributed by atoms with E-state index in [0.29, 0.717) is 37.1 Å². The Balaban J connectivity index is 1.53. The van der Waals surface area contributed by atoms with Crippen LogP contribution in [0.25, 0.3) is 0 Å². The number of amides is 5. The number of hydrogen-bond acceptors (Lipinski definition) is 8. The number of Topliss-reactive ketones (excluding diaryl/α,β-unsaturated/α-hetero) is 1. The van der Waals surface area contributed by atoms with Gasteiger partial charge in [-0.1, -0.05) is 35.5 Å². The van der Waals surface area contributed by atoms with E-state index in [4.69, 9.17) is 4.52 Å². The van der Waals surface area contributed by atoms with Crippen LogP contribution >= 0.6 is 0 Å². The third kappa shape index (κ3) is 7.20. The van der Waals surface area contributed by atoms with Crippen molar-refractivity contribution in [2.45, 2.75) is 70.6 Å². The molecule has 0 radical (unpaired) electrons. The predicted octanol–water partition coefficient (Wildman–Crippen LogP) is 0.550. The van der Waals surface area contributed by atoms with Gasteiger partial charge in [0.1, 0.15) is 17.8 Å². The van der Waals surface area contributed by atoms with Gasteiger partial charge in [-0.15, -0.1) is 0 Å². The summed E-state index contributed by atoms with van der Waals surface area (Å²) in [7, 11) is 0. The number of nitrogens with zero attached hydrogens (tertiary/aromatic N) is 2. The molecule has 13 nitrogen and oxygen atoms in total. The van der Waals surface area contributed by atoms with Crippen LogP contribution in [0.4, 0.5) is 0 Å². The summed E-state index contributed by atoms with van der Waals surface area (Å²) in [4.78, 5) is 79.7. The number of ketones is 1. The number of carbonyl (C=O) groups is 6. The molecule has 4 atom stereocenters. The Morgan fingerprint density at radius 3 is 2.43 bits per heavy atom. The number of rotatable bonds is 11. The van der Waals surface area contributed by atoms with Gasteiger partial charge in [-0.25, -0.2) is 0 Å². The summed E-state index contributed by atoms with van der Waals surface area (Å²) in [5.74, 6) is -3.81. The van der Waals surface area contributed by atoms with Gasteiger partial charge in [0, 0.05) is 31.1 Å². The maximum Gasteiger partial charge on any atom is 0.289 e. The van der Waals surface area contributed by atoms with Gasteiger partial charge in [0.15, 0.2) is 5.69 Å². The third-order valence-corrected chi connectivity index (χ3v) is 7.31. The van der Waals surface area contributed by atoms with Crippen LogP contribution in [0.15, 0.2) is 40.9 Å². The number of aromatic nitrogens is 1. The molecule has 1 aromatic heterocycles. The van der Waals surface area contributed by atoms with Crippen molar-refractivity contribution in [1.82, 2.24) is 31.3 Å². The average Bonchev–Trinajstić information content (AvgIpc) is 3.72. The van der Waals surface area contributed by atoms with Gasteiger partial charge in [0.2, 0.25) is 23.5 Å². The van der Waals surface area contributed by atoms with Crippen molar-refractivity contribution in [2.24, 2.45) is 5.92 Å². The lowest BCUT2D eigenvalue weighted by molar-refractivity contribution is -0.143. The normalized spacial score (nSPS) is 19.6. The summed E-state index contributed by atoms with van der Waals surface area (Å²) in [6.07, 6.45) is 1.27. The zero-order valence-electron chi connectivity index (χ0n) is 23.8. The minimum Gasteiger partial charge on any atom is -0.361 e. The Hall–Kier alpha value is -4.55. The molecule has 0 spiro atoms. The van der Waals surface area contributed by atoms with Crippen LogP contribution in [-0.2, 0) is 24.0 Å². The van der Waals surface area contributed by atoms with Gasteiger partial charge in [0.05, 0.1) is 6.04 Å². The molecule has 4 N–H and O–H groups in total. The average molecular weight is 581 g/mol. The standard InChI is InChI=1S/C29H36N6O7/c1-16(2)31-28(40)24(36)20(15-19-11-12-30-25(19)37)32-27(39)22-10-7-13-35(22)29(41)23(18-8-5-4-6-9-18)33-26(38)21-14-17(3)42-34-21/h4-6,8-9,14,16,19-20,22-23H,7,10-13,15H2,1-3H3,(H,30,37)(H,31,40)(H,32,39)(H,33,38)/t19-,20-,22-,23-/m0/s1. The van der Waals surface area contributed by atoms with E-state index in [2.05, 4.69) is 26.4 Å². The highest BCUT2D eigenvalue weighted by Crippen LogP contribution is 2.25. The summed E-state index contributed by atoms with van der Waals surface area (Å²) in [5.41, 5.74) is 0.515. The summed E-state index contributed by atoms with van der Waals surface area (Å²) >= 11 is 0. The summed E-state index contributed by atoms with van der Waals surface area (Å²) < 4.78 is 4.99. The Morgan fingerprint density at radius 2 is 1.81 bits per heavy atom. The molecule has 2 fully saturated rings. The first-order valence-electron chi connectivity index (χ1n) is 14.1. The van der Waals surface area contributed by atoms with Gasteiger partial charge < -0.3 is 30.7 Å². The second kappa shape index (κ2) is 13.4. The number of nitrogens with one attached hydrogen (secondary N) is 4. The van der Waals surface area contributed by atoms with Crippen molar-refractivity contribution in [3.8, 4) is 0 Å². The molecule has 42 heavy (non-hydrogen) atoms. The van der Waals surface area contributed by atoms with E-state index in [9.17, 15) is 28.8 Å². The molecule has 4 rings (SSSR count). The van der Waals surface area contributed by atoms with E-state index >= 15 is 0 Å². The molecule has 2 aliphatic heterocycles. The van der Waals surface area contributed by atoms with Crippen LogP contribution in [0.1, 0.15) is 67.4 Å². The fourth-order valence-electron chi connectivity index (χ4n) is 5.23. The van der Waals surface area contributed by atoms with Gasteiger partial charge in [-0.2, -0.15) is 0 Å². The Labute approximate surface area is 243 Å². The number of carbonyl (C=O) groups excluding carboxylic acids is 6. The van der Waals surface area contributed by atoms with Gasteiger partial charge >= 0.3 is 0 Å². The van der Waals surface area contributed by atoms with E-state index in [1.807, 2.05) is 0 Å². The second-order valence-corrected chi connectivity index (χ2v) is 10.9. The van der Waals surface area contributed by atoms with Crippen molar-refractivity contribution >= 4 is 35.3 Å². The summed E-state index contributed by atoms with van der Waals surface area (Å²) in [6, 6.07) is 6.44. The van der Waals surface area contributed by atoms with Crippen LogP contribution < -0.4 is 21.3 Å². The summed E-state index contributed by atoms with van der Waals surface area (Å²) in [6.45, 7) is 5.74. The topological polar surface area (TPSA) is 180 Å². The number of hydrogen-bond donors (Lipinski definition) is 4. The largest absolute Gasteiger partial charge is 0.361 e. The fourth-order valence-corrected chi connectivity index (χ4v) is 5.23. The van der Waals surface area contributed by atoms with E-state index in [0.717, 1.165) is 0 Å². The first-order valence-corrected chi connectivity index (χ1v) is 14.1. The van der Waals surface area contributed by atoms with Crippen LogP contribution in [0, 0.1) is 12.8 Å². The highest BCUT2D eigenvalue weighted by Gasteiger charge is 2.41. The van der Waals surface area contributed by atoms with Gasteiger partial charge in [-0.05, 0) is 52.0 Å². The molecule has 13 heteroatoms. The Morgan fingerprint density at radius 1 is 1.07 bits per heavy atom. The molecule has 2 aliphatic rings. The molecular weight excluding hydrogens is 544 g/mol. The predicted molar refractivity (Wildman–Crippen MR) is 149 cm³/mol. The molecule has 2 aromatic rings. The lowest BCUT2D eigenvalue weighted by Gasteiger charge is -2.30. The zero-order valence-corrected chi connectivity index (χ0v) is 23.8. The molecule has 3 heterocycles. The maximum atomic E-state index is 13.9. The highest BCUT2D eigenvalue weighted by atomic mass is 16.5. The smallest absolute Gasteiger partial charge is 0.289 e. The van der Waals surface area contributed by atoms with E-state index in [-0.39, 0.29) is 30.6 Å². The van der Waals surface area contributed by atoms with Crippen molar-refractivity contribution in [1.29, 1.82) is 0 Å². The molecular formula is C29H36N6O7.